The molecule has 0 saturated carbocycles. The van der Waals surface area contributed by atoms with Crippen LogP contribution in [0.3, 0.4) is 0 Å². The first kappa shape index (κ1) is 11.1. The van der Waals surface area contributed by atoms with Gasteiger partial charge in [0, 0.05) is 13.4 Å². The van der Waals surface area contributed by atoms with Gasteiger partial charge >= 0.3 is 8.25 Å². The highest BCUT2D eigenvalue weighted by atomic mass is 31.1. The van der Waals surface area contributed by atoms with Crippen LogP contribution in [-0.2, 0) is 4.57 Å². The number of hydrogen-bond donors (Lipinski definition) is 2. The Morgan fingerprint density at radius 3 is 1.25 bits per heavy atom. The van der Waals surface area contributed by atoms with Gasteiger partial charge in [0.15, 0.2) is 0 Å². The maximum absolute atomic E-state index is 8.70. The summed E-state index contributed by atoms with van der Waals surface area (Å²) in [5, 5.41) is 0. The quantitative estimate of drug-likeness (QED) is 0.400. The monoisotopic (exact) mass is 155 g/mol. The van der Waals surface area contributed by atoms with Gasteiger partial charge in [-0.05, 0) is 0 Å². The van der Waals surface area contributed by atoms with Crippen molar-refractivity contribution in [2.75, 3.05) is 0 Å². The number of rotatable bonds is 0. The molecular weight excluding hydrogens is 143 g/mol. The van der Waals surface area contributed by atoms with Gasteiger partial charge in [0.1, 0.15) is 0 Å². The van der Waals surface area contributed by atoms with Crippen molar-refractivity contribution >= 4 is 17.1 Å². The summed E-state index contributed by atoms with van der Waals surface area (Å²) in [4.78, 5) is 14.2. The summed E-state index contributed by atoms with van der Waals surface area (Å²) in [6, 6.07) is 0. The van der Waals surface area contributed by atoms with E-state index in [1.165, 1.54) is 0 Å². The first-order chi connectivity index (χ1) is 3.46. The van der Waals surface area contributed by atoms with Crippen LogP contribution in [0.25, 0.3) is 0 Å². The van der Waals surface area contributed by atoms with E-state index in [0.29, 0.717) is 0 Å². The largest absolute Gasteiger partial charge is 0.692 e. The molecule has 0 aliphatic heterocycles. The lowest BCUT2D eigenvalue weighted by Crippen LogP contribution is -1.84. The van der Waals surface area contributed by atoms with Crippen molar-refractivity contribution < 1.29 is 14.4 Å². The van der Waals surface area contributed by atoms with Gasteiger partial charge in [0.25, 0.3) is 0 Å². The van der Waals surface area contributed by atoms with E-state index in [4.69, 9.17) is 14.4 Å². The average molecular weight is 155 g/mol. The van der Waals surface area contributed by atoms with E-state index in [2.05, 4.69) is 19.6 Å². The Kier molecular flexibility index (Phi) is 10.0. The molecule has 3 nitrogen and oxygen atoms in total. The predicted octanol–water partition coefficient (Wildman–Crippen LogP) is 0.731. The third kappa shape index (κ3) is 3050. The molecule has 5 heteroatoms. The highest BCUT2D eigenvalue weighted by Gasteiger charge is 1.93. The minimum Gasteiger partial charge on any atom is -0.134 e. The van der Waals surface area contributed by atoms with Gasteiger partial charge in [-0.3, -0.25) is 0 Å². The first-order valence-corrected chi connectivity index (χ1v) is 6.94. The van der Waals surface area contributed by atoms with E-state index in [1.54, 1.807) is 0 Å². The zero-order chi connectivity index (χ0) is 7.15. The molecule has 8 heavy (non-hydrogen) atoms. The van der Waals surface area contributed by atoms with Gasteiger partial charge in [-0.15, -0.1) is 9.79 Å². The van der Waals surface area contributed by atoms with Crippen LogP contribution in [0.1, 0.15) is 0 Å². The highest BCUT2D eigenvalue weighted by molar-refractivity contribution is 7.30. The summed E-state index contributed by atoms with van der Waals surface area (Å²) in [7, 11) is -3.01. The lowest BCUT2D eigenvalue weighted by atomic mass is 11.8. The van der Waals surface area contributed by atoms with Crippen LogP contribution >= 0.6 is 8.25 Å². The average Bonchev–Trinajstić information content (AvgIpc) is 1.25. The summed E-state index contributed by atoms with van der Waals surface area (Å²) in [6.45, 7) is 6.92. The van der Waals surface area contributed by atoms with E-state index in [-0.39, 0.29) is 8.80 Å². The summed E-state index contributed by atoms with van der Waals surface area (Å²) >= 11 is 0. The van der Waals surface area contributed by atoms with Crippen LogP contribution < -0.4 is 0 Å². The van der Waals surface area contributed by atoms with Gasteiger partial charge in [-0.1, -0.05) is 19.6 Å². The fourth-order valence-electron chi connectivity index (χ4n) is 0. The molecule has 0 radical (unpaired) electrons. The Hall–Kier alpha value is 0.237. The molecule has 0 aromatic rings. The molecule has 0 spiro atoms. The molecule has 0 aliphatic carbocycles. The fourth-order valence-corrected chi connectivity index (χ4v) is 0. The normalized spacial score (nSPS) is 7.75. The third-order valence-electron chi connectivity index (χ3n) is 0. The summed E-state index contributed by atoms with van der Waals surface area (Å²) in [6.07, 6.45) is 0. The van der Waals surface area contributed by atoms with Gasteiger partial charge in [-0.2, -0.15) is 0 Å². The minimum absolute atomic E-state index is 0.139. The Labute approximate surface area is 51.9 Å². The highest BCUT2D eigenvalue weighted by Crippen LogP contribution is 1.98. The lowest BCUT2D eigenvalue weighted by Gasteiger charge is -1.75. The minimum atomic E-state index is -2.87. The van der Waals surface area contributed by atoms with Crippen molar-refractivity contribution in [2.24, 2.45) is 0 Å². The van der Waals surface area contributed by atoms with Crippen LogP contribution in [0, 0.1) is 0 Å². The second-order valence-electron chi connectivity index (χ2n) is 1.98. The van der Waals surface area contributed by atoms with E-state index < -0.39 is 8.25 Å². The second-order valence-corrected chi connectivity index (χ2v) is 5.95. The molecular formula is C3H12O3PSi+. The van der Waals surface area contributed by atoms with E-state index >= 15 is 0 Å². The molecule has 0 heterocycles. The molecule has 0 aliphatic rings. The van der Waals surface area contributed by atoms with Crippen LogP contribution in [-0.4, -0.2) is 18.6 Å². The molecule has 0 aromatic heterocycles. The molecule has 0 fully saturated rings. The topological polar surface area (TPSA) is 57.5 Å². The van der Waals surface area contributed by atoms with E-state index in [0.717, 1.165) is 0 Å². The zero-order valence-corrected chi connectivity index (χ0v) is 7.38. The SMILES string of the molecule is C[SiH](C)C.O=[P+](O)O. The smallest absolute Gasteiger partial charge is 0.134 e. The van der Waals surface area contributed by atoms with Crippen LogP contribution in [0.5, 0.6) is 0 Å². The van der Waals surface area contributed by atoms with E-state index in [9.17, 15) is 0 Å². The van der Waals surface area contributed by atoms with Crippen molar-refractivity contribution in [3.63, 3.8) is 0 Å². The van der Waals surface area contributed by atoms with Crippen LogP contribution in [0.4, 0.5) is 0 Å². The summed E-state index contributed by atoms with van der Waals surface area (Å²) < 4.78 is 8.70. The third-order valence-corrected chi connectivity index (χ3v) is 0. The fraction of sp³-hybridized carbons (Fsp3) is 1.00. The predicted molar refractivity (Wildman–Crippen MR) is 36.8 cm³/mol. The second kappa shape index (κ2) is 7.24. The maximum atomic E-state index is 8.70. The molecule has 0 saturated heterocycles. The summed E-state index contributed by atoms with van der Waals surface area (Å²) in [5.41, 5.74) is 0. The molecule has 0 atom stereocenters. The van der Waals surface area contributed by atoms with Crippen LogP contribution in [0.15, 0.2) is 0 Å². The van der Waals surface area contributed by atoms with Gasteiger partial charge in [0.05, 0.1) is 0 Å². The standard InChI is InChI=1S/C3H10Si.HO3P/c2*1-4(2)3/h4H,1-3H3;(H-,1,2,3)/p+1. The van der Waals surface area contributed by atoms with Gasteiger partial charge in [0.2, 0.25) is 0 Å². The van der Waals surface area contributed by atoms with Gasteiger partial charge < -0.3 is 0 Å². The Morgan fingerprint density at radius 1 is 1.25 bits per heavy atom. The van der Waals surface area contributed by atoms with Crippen molar-refractivity contribution in [3.05, 3.63) is 0 Å². The van der Waals surface area contributed by atoms with Crippen LogP contribution in [0.2, 0.25) is 19.6 Å². The molecule has 0 amide bonds. The first-order valence-electron chi connectivity index (χ1n) is 2.31. The Balaban J connectivity index is 0. The van der Waals surface area contributed by atoms with Crippen molar-refractivity contribution in [2.45, 2.75) is 19.6 Å². The maximum Gasteiger partial charge on any atom is 0.692 e. The molecule has 0 aromatic carbocycles. The van der Waals surface area contributed by atoms with E-state index in [1.807, 2.05) is 0 Å². The van der Waals surface area contributed by atoms with Crippen molar-refractivity contribution in [3.8, 4) is 0 Å². The van der Waals surface area contributed by atoms with Gasteiger partial charge in [-0.25, -0.2) is 0 Å². The Morgan fingerprint density at radius 2 is 1.25 bits per heavy atom. The molecule has 0 rings (SSSR count). The zero-order valence-electron chi connectivity index (χ0n) is 5.33. The molecule has 0 unspecified atom stereocenters. The number of hydrogen-bond acceptors (Lipinski definition) is 1. The van der Waals surface area contributed by atoms with Crippen molar-refractivity contribution in [1.82, 2.24) is 0 Å². The Bertz CT molecular complexity index is 58.8. The summed E-state index contributed by atoms with van der Waals surface area (Å²) in [5.74, 6) is 0. The lowest BCUT2D eigenvalue weighted by molar-refractivity contribution is 0.405. The molecule has 50 valence electrons. The van der Waals surface area contributed by atoms with Crippen molar-refractivity contribution in [1.29, 1.82) is 0 Å². The molecule has 0 bridgehead atoms. The molecule has 2 N–H and O–H groups in total.